The molecular formula is C20H25ClIN5OS. The summed E-state index contributed by atoms with van der Waals surface area (Å²) in [6.45, 7) is 4.38. The molecule has 0 aliphatic rings. The number of halogens is 2. The van der Waals surface area contributed by atoms with Crippen LogP contribution in [-0.2, 0) is 12.8 Å². The molecule has 3 rings (SSSR count). The first-order chi connectivity index (χ1) is 13.7. The summed E-state index contributed by atoms with van der Waals surface area (Å²) in [5.41, 5.74) is 0.879. The van der Waals surface area contributed by atoms with Gasteiger partial charge in [-0.05, 0) is 49.1 Å². The molecule has 29 heavy (non-hydrogen) atoms. The standard InChI is InChI=1S/C20H24ClN5OS.HI/c1-3-22-20(26(2)13-11-17-5-4-14-28-17)23-12-10-18-24-19(25-27-18)15-6-8-16(21)9-7-15;/h4-9,14H,3,10-13H2,1-2H3,(H,22,23);1H. The predicted octanol–water partition coefficient (Wildman–Crippen LogP) is 4.75. The number of hydrogen-bond acceptors (Lipinski definition) is 5. The van der Waals surface area contributed by atoms with E-state index >= 15 is 0 Å². The number of nitrogens with zero attached hydrogens (tertiary/aromatic N) is 4. The van der Waals surface area contributed by atoms with Crippen molar-refractivity contribution in [3.05, 3.63) is 57.6 Å². The van der Waals surface area contributed by atoms with Crippen LogP contribution in [-0.4, -0.2) is 47.7 Å². The van der Waals surface area contributed by atoms with Gasteiger partial charge in [0.05, 0.1) is 6.54 Å². The molecule has 2 aromatic heterocycles. The Morgan fingerprint density at radius 2 is 2.03 bits per heavy atom. The number of hydrogen-bond donors (Lipinski definition) is 1. The fraction of sp³-hybridized carbons (Fsp3) is 0.350. The molecular weight excluding hydrogens is 521 g/mol. The first-order valence-corrected chi connectivity index (χ1v) is 10.5. The van der Waals surface area contributed by atoms with Crippen LogP contribution in [0.25, 0.3) is 11.4 Å². The maximum atomic E-state index is 5.92. The Kier molecular flexibility index (Phi) is 9.89. The third-order valence-corrected chi connectivity index (χ3v) is 5.32. The second-order valence-electron chi connectivity index (χ2n) is 6.26. The fourth-order valence-corrected chi connectivity index (χ4v) is 3.46. The van der Waals surface area contributed by atoms with Gasteiger partial charge in [0.1, 0.15) is 0 Å². The smallest absolute Gasteiger partial charge is 0.228 e. The molecule has 0 spiro atoms. The topological polar surface area (TPSA) is 66.5 Å². The first kappa shape index (κ1) is 23.6. The van der Waals surface area contributed by atoms with Crippen LogP contribution < -0.4 is 5.32 Å². The van der Waals surface area contributed by atoms with Crippen LogP contribution in [0.4, 0.5) is 0 Å². The molecule has 0 radical (unpaired) electrons. The fourth-order valence-electron chi connectivity index (χ4n) is 2.64. The molecule has 0 amide bonds. The third kappa shape index (κ3) is 7.27. The van der Waals surface area contributed by atoms with E-state index in [1.54, 1.807) is 11.3 Å². The van der Waals surface area contributed by atoms with E-state index in [1.165, 1.54) is 4.88 Å². The Labute approximate surface area is 197 Å². The van der Waals surface area contributed by atoms with E-state index in [0.29, 0.717) is 29.7 Å². The molecule has 9 heteroatoms. The molecule has 2 heterocycles. The monoisotopic (exact) mass is 545 g/mol. The maximum absolute atomic E-state index is 5.92. The van der Waals surface area contributed by atoms with Gasteiger partial charge >= 0.3 is 0 Å². The van der Waals surface area contributed by atoms with Crippen molar-refractivity contribution >= 4 is 52.9 Å². The Bertz CT molecular complexity index is 883. The number of rotatable bonds is 8. The Hall–Kier alpha value is -1.65. The number of aliphatic imine (C=N–C) groups is 1. The molecule has 0 fully saturated rings. The molecule has 156 valence electrons. The summed E-state index contributed by atoms with van der Waals surface area (Å²) in [7, 11) is 2.06. The van der Waals surface area contributed by atoms with Crippen LogP contribution >= 0.6 is 46.9 Å². The normalized spacial score (nSPS) is 11.2. The summed E-state index contributed by atoms with van der Waals surface area (Å²) >= 11 is 7.70. The lowest BCUT2D eigenvalue weighted by Crippen LogP contribution is -2.40. The number of aromatic nitrogens is 2. The second kappa shape index (κ2) is 12.1. The maximum Gasteiger partial charge on any atom is 0.228 e. The average molecular weight is 546 g/mol. The largest absolute Gasteiger partial charge is 0.357 e. The van der Waals surface area contributed by atoms with E-state index in [-0.39, 0.29) is 24.0 Å². The van der Waals surface area contributed by atoms with Gasteiger partial charge in [0.2, 0.25) is 11.7 Å². The molecule has 0 bridgehead atoms. The summed E-state index contributed by atoms with van der Waals surface area (Å²) < 4.78 is 5.35. The summed E-state index contributed by atoms with van der Waals surface area (Å²) in [5, 5.41) is 10.2. The summed E-state index contributed by atoms with van der Waals surface area (Å²) in [4.78, 5) is 12.7. The van der Waals surface area contributed by atoms with Crippen molar-refractivity contribution in [2.75, 3.05) is 26.7 Å². The highest BCUT2D eigenvalue weighted by Gasteiger charge is 2.10. The van der Waals surface area contributed by atoms with Crippen LogP contribution in [0, 0.1) is 0 Å². The van der Waals surface area contributed by atoms with Crippen molar-refractivity contribution in [2.45, 2.75) is 19.8 Å². The van der Waals surface area contributed by atoms with Crippen LogP contribution in [0.3, 0.4) is 0 Å². The van der Waals surface area contributed by atoms with E-state index in [2.05, 4.69) is 51.8 Å². The Balaban J connectivity index is 0.00000300. The minimum atomic E-state index is 0. The van der Waals surface area contributed by atoms with Crippen molar-refractivity contribution < 1.29 is 4.52 Å². The van der Waals surface area contributed by atoms with Gasteiger partial charge in [-0.25, -0.2) is 0 Å². The molecule has 0 atom stereocenters. The minimum absolute atomic E-state index is 0. The average Bonchev–Trinajstić information content (AvgIpc) is 3.38. The van der Waals surface area contributed by atoms with Gasteiger partial charge in [0.25, 0.3) is 0 Å². The van der Waals surface area contributed by atoms with E-state index in [0.717, 1.165) is 31.0 Å². The van der Waals surface area contributed by atoms with E-state index < -0.39 is 0 Å². The predicted molar refractivity (Wildman–Crippen MR) is 130 cm³/mol. The zero-order valence-electron chi connectivity index (χ0n) is 16.5. The Morgan fingerprint density at radius 1 is 1.24 bits per heavy atom. The SMILES string of the molecule is CCNC(=NCCc1nc(-c2ccc(Cl)cc2)no1)N(C)CCc1cccs1.I. The van der Waals surface area contributed by atoms with Crippen LogP contribution in [0.2, 0.25) is 5.02 Å². The van der Waals surface area contributed by atoms with Gasteiger partial charge in [0, 0.05) is 42.0 Å². The molecule has 6 nitrogen and oxygen atoms in total. The molecule has 0 aliphatic heterocycles. The van der Waals surface area contributed by atoms with Crippen molar-refractivity contribution in [3.63, 3.8) is 0 Å². The Morgan fingerprint density at radius 3 is 2.72 bits per heavy atom. The highest BCUT2D eigenvalue weighted by Crippen LogP contribution is 2.18. The summed E-state index contributed by atoms with van der Waals surface area (Å²) in [6, 6.07) is 11.6. The first-order valence-electron chi connectivity index (χ1n) is 9.26. The zero-order chi connectivity index (χ0) is 19.8. The number of likely N-dealkylation sites (N-methyl/N-ethyl adjacent to an activating group) is 1. The van der Waals surface area contributed by atoms with Crippen LogP contribution in [0.5, 0.6) is 0 Å². The quantitative estimate of drug-likeness (QED) is 0.251. The van der Waals surface area contributed by atoms with Crippen LogP contribution in [0.15, 0.2) is 51.3 Å². The minimum Gasteiger partial charge on any atom is -0.357 e. The van der Waals surface area contributed by atoms with Gasteiger partial charge in [-0.1, -0.05) is 22.8 Å². The van der Waals surface area contributed by atoms with E-state index in [1.807, 2.05) is 24.3 Å². The van der Waals surface area contributed by atoms with Crippen molar-refractivity contribution in [1.82, 2.24) is 20.4 Å². The number of guanidine groups is 1. The molecule has 1 aromatic carbocycles. The highest BCUT2D eigenvalue weighted by molar-refractivity contribution is 14.0. The summed E-state index contributed by atoms with van der Waals surface area (Å²) in [6.07, 6.45) is 1.60. The molecule has 3 aromatic rings. The molecule has 1 N–H and O–H groups in total. The van der Waals surface area contributed by atoms with Crippen LogP contribution in [0.1, 0.15) is 17.7 Å². The van der Waals surface area contributed by atoms with Gasteiger partial charge < -0.3 is 14.7 Å². The lowest BCUT2D eigenvalue weighted by Gasteiger charge is -2.21. The summed E-state index contributed by atoms with van der Waals surface area (Å²) in [5.74, 6) is 2.03. The van der Waals surface area contributed by atoms with Gasteiger partial charge in [-0.15, -0.1) is 35.3 Å². The van der Waals surface area contributed by atoms with Crippen molar-refractivity contribution in [1.29, 1.82) is 0 Å². The van der Waals surface area contributed by atoms with Crippen molar-refractivity contribution in [3.8, 4) is 11.4 Å². The molecule has 0 saturated heterocycles. The van der Waals surface area contributed by atoms with E-state index in [9.17, 15) is 0 Å². The molecule has 0 unspecified atom stereocenters. The number of benzene rings is 1. The van der Waals surface area contributed by atoms with Gasteiger partial charge in [0.15, 0.2) is 5.96 Å². The third-order valence-electron chi connectivity index (χ3n) is 4.13. The zero-order valence-corrected chi connectivity index (χ0v) is 20.4. The van der Waals surface area contributed by atoms with Gasteiger partial charge in [-0.2, -0.15) is 4.98 Å². The number of nitrogens with one attached hydrogen (secondary N) is 1. The lowest BCUT2D eigenvalue weighted by atomic mass is 10.2. The van der Waals surface area contributed by atoms with E-state index in [4.69, 9.17) is 21.1 Å². The van der Waals surface area contributed by atoms with Gasteiger partial charge in [-0.3, -0.25) is 4.99 Å². The number of thiophene rings is 1. The highest BCUT2D eigenvalue weighted by atomic mass is 127. The molecule has 0 aliphatic carbocycles. The molecule has 0 saturated carbocycles. The lowest BCUT2D eigenvalue weighted by molar-refractivity contribution is 0.380. The van der Waals surface area contributed by atoms with Crippen molar-refractivity contribution in [2.24, 2.45) is 4.99 Å². The second-order valence-corrected chi connectivity index (χ2v) is 7.72.